The van der Waals surface area contributed by atoms with Gasteiger partial charge in [-0.1, -0.05) is 6.07 Å². The third kappa shape index (κ3) is 3.96. The van der Waals surface area contributed by atoms with Crippen molar-refractivity contribution < 1.29 is 23.5 Å². The Morgan fingerprint density at radius 2 is 1.97 bits per heavy atom. The Labute approximate surface area is 168 Å². The van der Waals surface area contributed by atoms with Crippen molar-refractivity contribution in [2.45, 2.75) is 18.4 Å². The first-order chi connectivity index (χ1) is 14.0. The Hall–Kier alpha value is -2.93. The first kappa shape index (κ1) is 19.4. The molecule has 2 amide bonds. The molecule has 0 bridgehead atoms. The van der Waals surface area contributed by atoms with Gasteiger partial charge in [0, 0.05) is 17.8 Å². The quantitative estimate of drug-likeness (QED) is 0.798. The van der Waals surface area contributed by atoms with Gasteiger partial charge in [-0.25, -0.2) is 4.39 Å². The minimum atomic E-state index is -0.652. The zero-order valence-electron chi connectivity index (χ0n) is 16.3. The predicted molar refractivity (Wildman–Crippen MR) is 106 cm³/mol. The van der Waals surface area contributed by atoms with E-state index in [1.807, 2.05) is 0 Å². The van der Waals surface area contributed by atoms with Crippen molar-refractivity contribution >= 4 is 17.5 Å². The summed E-state index contributed by atoms with van der Waals surface area (Å²) in [5.41, 5.74) is 0.439. The summed E-state index contributed by atoms with van der Waals surface area (Å²) in [6.07, 6.45) is 1.51. The van der Waals surface area contributed by atoms with E-state index in [-0.39, 0.29) is 18.4 Å². The average molecular weight is 398 g/mol. The van der Waals surface area contributed by atoms with Crippen LogP contribution in [0.5, 0.6) is 5.75 Å². The van der Waals surface area contributed by atoms with Crippen LogP contribution in [-0.2, 0) is 9.53 Å². The number of methoxy groups -OCH3 is 1. The van der Waals surface area contributed by atoms with Crippen LogP contribution in [0.3, 0.4) is 0 Å². The van der Waals surface area contributed by atoms with Crippen LogP contribution < -0.4 is 9.64 Å². The molecule has 0 saturated carbocycles. The zero-order chi connectivity index (χ0) is 20.4. The Kier molecular flexibility index (Phi) is 5.24. The van der Waals surface area contributed by atoms with Gasteiger partial charge in [-0.2, -0.15) is 0 Å². The summed E-state index contributed by atoms with van der Waals surface area (Å²) in [6.45, 7) is 1.23. The Morgan fingerprint density at radius 3 is 2.69 bits per heavy atom. The van der Waals surface area contributed by atoms with E-state index in [1.165, 1.54) is 12.1 Å². The number of morpholine rings is 1. The molecule has 2 aromatic carbocycles. The number of amides is 2. The fourth-order valence-electron chi connectivity index (χ4n) is 4.03. The molecular weight excluding hydrogens is 375 g/mol. The molecule has 2 saturated heterocycles. The summed E-state index contributed by atoms with van der Waals surface area (Å²) in [7, 11) is 1.58. The zero-order valence-corrected chi connectivity index (χ0v) is 16.3. The molecule has 0 N–H and O–H groups in total. The first-order valence-electron chi connectivity index (χ1n) is 9.63. The molecule has 29 heavy (non-hydrogen) atoms. The minimum absolute atomic E-state index is 0.0791. The number of piperidine rings is 1. The number of hydrogen-bond donors (Lipinski definition) is 0. The molecule has 1 atom stereocenters. The maximum absolute atomic E-state index is 13.7. The molecule has 6 nitrogen and oxygen atoms in total. The van der Waals surface area contributed by atoms with Gasteiger partial charge >= 0.3 is 0 Å². The molecule has 1 spiro atoms. The van der Waals surface area contributed by atoms with Crippen molar-refractivity contribution in [2.24, 2.45) is 0 Å². The van der Waals surface area contributed by atoms with Crippen LogP contribution >= 0.6 is 0 Å². The number of carbonyl (C=O) groups is 2. The maximum Gasteiger partial charge on any atom is 0.253 e. The number of nitrogens with zero attached hydrogens (tertiary/aromatic N) is 2. The molecule has 2 fully saturated rings. The van der Waals surface area contributed by atoms with E-state index >= 15 is 0 Å². The summed E-state index contributed by atoms with van der Waals surface area (Å²) in [4.78, 5) is 28.7. The van der Waals surface area contributed by atoms with Crippen molar-refractivity contribution in [1.29, 1.82) is 0 Å². The Balaban J connectivity index is 1.53. The molecule has 2 aliphatic heterocycles. The molecule has 7 heteroatoms. The third-order valence-electron chi connectivity index (χ3n) is 5.53. The van der Waals surface area contributed by atoms with Gasteiger partial charge in [-0.05, 0) is 55.3 Å². The molecule has 0 aromatic heterocycles. The van der Waals surface area contributed by atoms with Gasteiger partial charge in [0.05, 0.1) is 20.2 Å². The van der Waals surface area contributed by atoms with E-state index in [0.29, 0.717) is 36.6 Å². The summed E-state index contributed by atoms with van der Waals surface area (Å²) in [6, 6.07) is 13.0. The highest BCUT2D eigenvalue weighted by molar-refractivity contribution is 5.96. The lowest BCUT2D eigenvalue weighted by Crippen LogP contribution is -2.62. The highest BCUT2D eigenvalue weighted by atomic mass is 19.1. The Bertz CT molecular complexity index is 917. The largest absolute Gasteiger partial charge is 0.497 e. The van der Waals surface area contributed by atoms with Gasteiger partial charge < -0.3 is 19.3 Å². The molecule has 0 radical (unpaired) electrons. The summed E-state index contributed by atoms with van der Waals surface area (Å²) in [5, 5.41) is 0. The molecule has 0 aliphatic carbocycles. The molecule has 152 valence electrons. The number of carbonyl (C=O) groups excluding carboxylic acids is 2. The summed E-state index contributed by atoms with van der Waals surface area (Å²) < 4.78 is 24.8. The predicted octanol–water partition coefficient (Wildman–Crippen LogP) is 2.87. The molecule has 2 heterocycles. The SMILES string of the molecule is COc1ccc(C(=O)N2CCCC3(C2)CN(c2cccc(F)c2)C(=O)CO3)cc1. The van der Waals surface area contributed by atoms with Gasteiger partial charge in [0.25, 0.3) is 11.8 Å². The van der Waals surface area contributed by atoms with E-state index in [9.17, 15) is 14.0 Å². The fourth-order valence-corrected chi connectivity index (χ4v) is 4.03. The van der Waals surface area contributed by atoms with Crippen molar-refractivity contribution in [3.63, 3.8) is 0 Å². The monoisotopic (exact) mass is 398 g/mol. The van der Waals surface area contributed by atoms with E-state index in [0.717, 1.165) is 12.8 Å². The van der Waals surface area contributed by atoms with Crippen molar-refractivity contribution in [1.82, 2.24) is 4.90 Å². The standard InChI is InChI=1S/C22H23FN2O4/c1-28-19-8-6-16(7-9-19)21(27)24-11-3-10-22(14-24)15-25(20(26)13-29-22)18-5-2-4-17(23)12-18/h2,4-9,12H,3,10-11,13-15H2,1H3. The van der Waals surface area contributed by atoms with Gasteiger partial charge in [0.2, 0.25) is 0 Å². The van der Waals surface area contributed by atoms with Gasteiger partial charge in [0.15, 0.2) is 0 Å². The normalized spacial score (nSPS) is 22.1. The lowest BCUT2D eigenvalue weighted by molar-refractivity contribution is -0.144. The average Bonchev–Trinajstić information content (AvgIpc) is 2.75. The highest BCUT2D eigenvalue weighted by Crippen LogP contribution is 2.32. The second-order valence-corrected chi connectivity index (χ2v) is 7.49. The van der Waals surface area contributed by atoms with Crippen molar-refractivity contribution in [3.05, 3.63) is 59.9 Å². The number of anilines is 1. The van der Waals surface area contributed by atoms with E-state index in [2.05, 4.69) is 0 Å². The molecule has 2 aromatic rings. The number of halogens is 1. The number of hydrogen-bond acceptors (Lipinski definition) is 4. The van der Waals surface area contributed by atoms with Gasteiger partial charge in [0.1, 0.15) is 23.8 Å². The number of rotatable bonds is 3. The number of likely N-dealkylation sites (tertiary alicyclic amines) is 1. The smallest absolute Gasteiger partial charge is 0.253 e. The van der Waals surface area contributed by atoms with Crippen molar-refractivity contribution in [2.75, 3.05) is 38.3 Å². The summed E-state index contributed by atoms with van der Waals surface area (Å²) in [5.74, 6) is 0.0108. The van der Waals surface area contributed by atoms with Crippen molar-refractivity contribution in [3.8, 4) is 5.75 Å². The molecule has 1 unspecified atom stereocenters. The Morgan fingerprint density at radius 1 is 1.17 bits per heavy atom. The van der Waals surface area contributed by atoms with Crippen LogP contribution in [0.1, 0.15) is 23.2 Å². The molecule has 4 rings (SSSR count). The number of ether oxygens (including phenoxy) is 2. The molecular formula is C22H23FN2O4. The van der Waals surface area contributed by atoms with E-state index < -0.39 is 11.4 Å². The van der Waals surface area contributed by atoms with Crippen LogP contribution in [0.2, 0.25) is 0 Å². The topological polar surface area (TPSA) is 59.1 Å². The molecule has 2 aliphatic rings. The maximum atomic E-state index is 13.7. The second kappa shape index (κ2) is 7.83. The van der Waals surface area contributed by atoms with Crippen LogP contribution in [-0.4, -0.2) is 55.7 Å². The van der Waals surface area contributed by atoms with E-state index in [1.54, 1.807) is 53.3 Å². The lowest BCUT2D eigenvalue weighted by Gasteiger charge is -2.47. The number of benzene rings is 2. The van der Waals surface area contributed by atoms with E-state index in [4.69, 9.17) is 9.47 Å². The van der Waals surface area contributed by atoms with Gasteiger partial charge in [-0.15, -0.1) is 0 Å². The van der Waals surface area contributed by atoms with Gasteiger partial charge in [-0.3, -0.25) is 9.59 Å². The van der Waals surface area contributed by atoms with Crippen LogP contribution in [0.25, 0.3) is 0 Å². The van der Waals surface area contributed by atoms with Crippen LogP contribution in [0.4, 0.5) is 10.1 Å². The highest BCUT2D eigenvalue weighted by Gasteiger charge is 2.44. The first-order valence-corrected chi connectivity index (χ1v) is 9.63. The van der Waals surface area contributed by atoms with Crippen LogP contribution in [0, 0.1) is 5.82 Å². The van der Waals surface area contributed by atoms with Crippen LogP contribution in [0.15, 0.2) is 48.5 Å². The fraction of sp³-hybridized carbons (Fsp3) is 0.364. The summed E-state index contributed by atoms with van der Waals surface area (Å²) >= 11 is 0. The lowest BCUT2D eigenvalue weighted by atomic mass is 9.90. The minimum Gasteiger partial charge on any atom is -0.497 e. The third-order valence-corrected chi connectivity index (χ3v) is 5.53. The second-order valence-electron chi connectivity index (χ2n) is 7.49.